The Labute approximate surface area is 163 Å². The number of benzene rings is 2. The third-order valence-corrected chi connectivity index (χ3v) is 4.59. The third-order valence-electron chi connectivity index (χ3n) is 4.59. The second-order valence-electron chi connectivity index (χ2n) is 6.76. The van der Waals surface area contributed by atoms with Gasteiger partial charge in [0.05, 0.1) is 6.42 Å². The molecule has 0 bridgehead atoms. The highest BCUT2D eigenvalue weighted by atomic mass is 16.1. The Bertz CT molecular complexity index is 1140. The lowest BCUT2D eigenvalue weighted by molar-refractivity contribution is -0.115. The molecule has 5 nitrogen and oxygen atoms in total. The smallest absolute Gasteiger partial charge is 0.228 e. The molecule has 28 heavy (non-hydrogen) atoms. The van der Waals surface area contributed by atoms with E-state index >= 15 is 0 Å². The Hall–Kier alpha value is -3.73. The first-order chi connectivity index (χ1) is 13.6. The second-order valence-corrected chi connectivity index (χ2v) is 6.76. The average Bonchev–Trinajstić information content (AvgIpc) is 3.17. The molecule has 2 aromatic heterocycles. The highest BCUT2D eigenvalue weighted by molar-refractivity contribution is 5.92. The molecule has 0 aliphatic rings. The van der Waals surface area contributed by atoms with Gasteiger partial charge in [0, 0.05) is 11.9 Å². The predicted octanol–water partition coefficient (Wildman–Crippen LogP) is 4.61. The maximum atomic E-state index is 12.3. The summed E-state index contributed by atoms with van der Waals surface area (Å²) in [4.78, 5) is 16.5. The third kappa shape index (κ3) is 3.83. The zero-order valence-corrected chi connectivity index (χ0v) is 15.6. The van der Waals surface area contributed by atoms with E-state index < -0.39 is 0 Å². The molecule has 0 radical (unpaired) electrons. The van der Waals surface area contributed by atoms with Gasteiger partial charge in [-0.3, -0.25) is 4.79 Å². The Balaban J connectivity index is 1.42. The van der Waals surface area contributed by atoms with Gasteiger partial charge < -0.3 is 5.32 Å². The van der Waals surface area contributed by atoms with E-state index in [1.807, 2.05) is 73.8 Å². The quantitative estimate of drug-likeness (QED) is 0.560. The maximum absolute atomic E-state index is 12.3. The molecule has 0 saturated heterocycles. The number of allylic oxidation sites excluding steroid dienone is 1. The molecule has 0 saturated carbocycles. The standard InChI is InChI=1S/C23H20N4O/c1-16(2)18-7-9-21(10-8-18)26-23(28)13-17-3-5-19(6-4-17)20-11-12-27-22(14-20)24-15-25-27/h3-12,14-15H,1,13H2,2H3,(H,26,28). The number of rotatable bonds is 5. The topological polar surface area (TPSA) is 59.3 Å². The fraction of sp³-hybridized carbons (Fsp3) is 0.0870. The minimum atomic E-state index is -0.0410. The predicted molar refractivity (Wildman–Crippen MR) is 112 cm³/mol. The van der Waals surface area contributed by atoms with E-state index in [0.29, 0.717) is 6.42 Å². The van der Waals surface area contributed by atoms with Gasteiger partial charge in [0.1, 0.15) is 6.33 Å². The Morgan fingerprint density at radius 2 is 1.79 bits per heavy atom. The fourth-order valence-electron chi connectivity index (χ4n) is 3.04. The lowest BCUT2D eigenvalue weighted by atomic mass is 10.0. The normalized spacial score (nSPS) is 10.8. The van der Waals surface area contributed by atoms with Crippen LogP contribution >= 0.6 is 0 Å². The van der Waals surface area contributed by atoms with E-state index in [1.165, 1.54) is 6.33 Å². The number of carbonyl (C=O) groups is 1. The van der Waals surface area contributed by atoms with Crippen LogP contribution < -0.4 is 5.32 Å². The summed E-state index contributed by atoms with van der Waals surface area (Å²) in [6.07, 6.45) is 3.75. The van der Waals surface area contributed by atoms with E-state index in [2.05, 4.69) is 22.0 Å². The van der Waals surface area contributed by atoms with Crippen molar-refractivity contribution < 1.29 is 4.79 Å². The molecule has 2 aromatic carbocycles. The summed E-state index contributed by atoms with van der Waals surface area (Å²) in [5, 5.41) is 7.04. The van der Waals surface area contributed by atoms with Crippen LogP contribution in [-0.4, -0.2) is 20.5 Å². The molecule has 1 N–H and O–H groups in total. The van der Waals surface area contributed by atoms with Crippen molar-refractivity contribution in [3.63, 3.8) is 0 Å². The van der Waals surface area contributed by atoms with Crippen LogP contribution in [0.25, 0.3) is 22.3 Å². The van der Waals surface area contributed by atoms with Gasteiger partial charge in [0.25, 0.3) is 0 Å². The van der Waals surface area contributed by atoms with Crippen LogP contribution in [0.3, 0.4) is 0 Å². The van der Waals surface area contributed by atoms with Crippen LogP contribution in [0.15, 0.2) is 79.8 Å². The molecular formula is C23H20N4O. The largest absolute Gasteiger partial charge is 0.326 e. The first-order valence-corrected chi connectivity index (χ1v) is 9.03. The minimum absolute atomic E-state index is 0.0410. The molecule has 1 amide bonds. The number of nitrogens with one attached hydrogen (secondary N) is 1. The molecule has 0 aliphatic heterocycles. The molecule has 0 spiro atoms. The number of hydrogen-bond acceptors (Lipinski definition) is 3. The molecular weight excluding hydrogens is 348 g/mol. The summed E-state index contributed by atoms with van der Waals surface area (Å²) in [5.74, 6) is -0.0410. The van der Waals surface area contributed by atoms with E-state index in [0.717, 1.165) is 39.2 Å². The molecule has 0 atom stereocenters. The maximum Gasteiger partial charge on any atom is 0.228 e. The van der Waals surface area contributed by atoms with Crippen molar-refractivity contribution >= 4 is 22.8 Å². The van der Waals surface area contributed by atoms with Gasteiger partial charge in [0.2, 0.25) is 5.91 Å². The van der Waals surface area contributed by atoms with E-state index in [1.54, 1.807) is 4.52 Å². The zero-order valence-electron chi connectivity index (χ0n) is 15.6. The number of fused-ring (bicyclic) bond motifs is 1. The van der Waals surface area contributed by atoms with Gasteiger partial charge in [-0.05, 0) is 53.4 Å². The van der Waals surface area contributed by atoms with Crippen molar-refractivity contribution in [3.05, 3.63) is 90.9 Å². The SMILES string of the molecule is C=C(C)c1ccc(NC(=O)Cc2ccc(-c3ccn4ncnc4c3)cc2)cc1. The summed E-state index contributed by atoms with van der Waals surface area (Å²) in [6.45, 7) is 5.88. The first kappa shape index (κ1) is 17.7. The molecule has 5 heteroatoms. The highest BCUT2D eigenvalue weighted by Gasteiger charge is 2.06. The molecule has 0 aliphatic carbocycles. The Kier molecular flexibility index (Phi) is 4.72. The van der Waals surface area contributed by atoms with Crippen LogP contribution in [0.2, 0.25) is 0 Å². The second kappa shape index (κ2) is 7.48. The van der Waals surface area contributed by atoms with Crippen LogP contribution in [0.5, 0.6) is 0 Å². The van der Waals surface area contributed by atoms with Gasteiger partial charge in [-0.1, -0.05) is 48.6 Å². The Morgan fingerprint density at radius 3 is 2.50 bits per heavy atom. The average molecular weight is 368 g/mol. The van der Waals surface area contributed by atoms with Crippen molar-refractivity contribution in [1.29, 1.82) is 0 Å². The minimum Gasteiger partial charge on any atom is -0.326 e. The van der Waals surface area contributed by atoms with Crippen LogP contribution in [0.4, 0.5) is 5.69 Å². The van der Waals surface area contributed by atoms with Gasteiger partial charge in [0.15, 0.2) is 5.65 Å². The summed E-state index contributed by atoms with van der Waals surface area (Å²) in [5.41, 5.74) is 6.76. The van der Waals surface area contributed by atoms with Gasteiger partial charge >= 0.3 is 0 Å². The number of amides is 1. The summed E-state index contributed by atoms with van der Waals surface area (Å²) < 4.78 is 1.73. The van der Waals surface area contributed by atoms with Crippen molar-refractivity contribution in [2.45, 2.75) is 13.3 Å². The highest BCUT2D eigenvalue weighted by Crippen LogP contribution is 2.21. The molecule has 4 aromatic rings. The van der Waals surface area contributed by atoms with E-state index in [-0.39, 0.29) is 5.91 Å². The summed E-state index contributed by atoms with van der Waals surface area (Å²) >= 11 is 0. The van der Waals surface area contributed by atoms with Crippen LogP contribution in [0, 0.1) is 0 Å². The molecule has 138 valence electrons. The van der Waals surface area contributed by atoms with Crippen LogP contribution in [0.1, 0.15) is 18.1 Å². The first-order valence-electron chi connectivity index (χ1n) is 9.03. The van der Waals surface area contributed by atoms with E-state index in [4.69, 9.17) is 0 Å². The van der Waals surface area contributed by atoms with Crippen molar-refractivity contribution in [1.82, 2.24) is 14.6 Å². The monoisotopic (exact) mass is 368 g/mol. The molecule has 4 rings (SSSR count). The Morgan fingerprint density at radius 1 is 1.04 bits per heavy atom. The number of carbonyl (C=O) groups excluding carboxylic acids is 1. The van der Waals surface area contributed by atoms with Crippen molar-refractivity contribution in [3.8, 4) is 11.1 Å². The van der Waals surface area contributed by atoms with Crippen molar-refractivity contribution in [2.75, 3.05) is 5.32 Å². The van der Waals surface area contributed by atoms with Crippen LogP contribution in [-0.2, 0) is 11.2 Å². The molecule has 0 unspecified atom stereocenters. The molecule has 0 fully saturated rings. The lowest BCUT2D eigenvalue weighted by Gasteiger charge is -2.08. The van der Waals surface area contributed by atoms with Gasteiger partial charge in [-0.2, -0.15) is 5.10 Å². The van der Waals surface area contributed by atoms with Gasteiger partial charge in [-0.25, -0.2) is 9.50 Å². The number of pyridine rings is 1. The number of nitrogens with zero attached hydrogens (tertiary/aromatic N) is 3. The van der Waals surface area contributed by atoms with Crippen molar-refractivity contribution in [2.24, 2.45) is 0 Å². The fourth-order valence-corrected chi connectivity index (χ4v) is 3.04. The summed E-state index contributed by atoms with van der Waals surface area (Å²) in [6, 6.07) is 19.7. The number of hydrogen-bond donors (Lipinski definition) is 1. The van der Waals surface area contributed by atoms with E-state index in [9.17, 15) is 4.79 Å². The lowest BCUT2D eigenvalue weighted by Crippen LogP contribution is -2.14. The number of aromatic nitrogens is 3. The number of anilines is 1. The summed E-state index contributed by atoms with van der Waals surface area (Å²) in [7, 11) is 0. The zero-order chi connectivity index (χ0) is 19.5. The van der Waals surface area contributed by atoms with Gasteiger partial charge in [-0.15, -0.1) is 0 Å². The molecule has 2 heterocycles.